The summed E-state index contributed by atoms with van der Waals surface area (Å²) in [5.41, 5.74) is 3.21. The summed E-state index contributed by atoms with van der Waals surface area (Å²) in [4.78, 5) is 37.8. The van der Waals surface area contributed by atoms with Crippen LogP contribution in [0.25, 0.3) is 6.08 Å². The van der Waals surface area contributed by atoms with E-state index >= 15 is 0 Å². The van der Waals surface area contributed by atoms with Gasteiger partial charge < -0.3 is 10.1 Å². The van der Waals surface area contributed by atoms with Crippen molar-refractivity contribution in [3.05, 3.63) is 70.1 Å². The fourth-order valence-corrected chi connectivity index (χ4v) is 3.49. The van der Waals surface area contributed by atoms with Gasteiger partial charge >= 0.3 is 5.97 Å². The maximum atomic E-state index is 12.6. The highest BCUT2D eigenvalue weighted by Crippen LogP contribution is 2.32. The molecule has 1 fully saturated rings. The highest BCUT2D eigenvalue weighted by molar-refractivity contribution is 8.18. The van der Waals surface area contributed by atoms with Gasteiger partial charge in [-0.05, 0) is 59.7 Å². The van der Waals surface area contributed by atoms with Crippen LogP contribution in [0.3, 0.4) is 0 Å². The lowest BCUT2D eigenvalue weighted by atomic mass is 10.1. The molecule has 0 bridgehead atoms. The first-order valence-corrected chi connectivity index (χ1v) is 9.60. The predicted octanol–water partition coefficient (Wildman–Crippen LogP) is 4.14. The van der Waals surface area contributed by atoms with Crippen molar-refractivity contribution in [2.45, 2.75) is 13.3 Å². The molecule has 3 rings (SSSR count). The lowest BCUT2D eigenvalue weighted by Crippen LogP contribution is -2.33. The Labute approximate surface area is 167 Å². The normalized spacial score (nSPS) is 15.2. The standard InChI is InChI=1S/C21H20N2O4S/c1-3-14-6-10-17(11-7-14)22-13-23-19(24)18(28-21(23)26)12-15-4-8-16(9-5-15)20(25)27-2/h4-12,22H,3,13H2,1-2H3/b18-12+. The monoisotopic (exact) mass is 396 g/mol. The maximum Gasteiger partial charge on any atom is 0.337 e. The molecule has 1 heterocycles. The van der Waals surface area contributed by atoms with Crippen LogP contribution >= 0.6 is 11.8 Å². The number of methoxy groups -OCH3 is 1. The zero-order valence-electron chi connectivity index (χ0n) is 15.6. The molecule has 0 spiro atoms. The van der Waals surface area contributed by atoms with E-state index in [0.717, 1.165) is 29.4 Å². The number of benzene rings is 2. The molecule has 0 atom stereocenters. The first-order chi connectivity index (χ1) is 13.5. The Hall–Kier alpha value is -3.06. The summed E-state index contributed by atoms with van der Waals surface area (Å²) in [6, 6.07) is 14.5. The van der Waals surface area contributed by atoms with Crippen molar-refractivity contribution >= 4 is 40.6 Å². The van der Waals surface area contributed by atoms with Crippen LogP contribution in [-0.4, -0.2) is 35.8 Å². The quantitative estimate of drug-likeness (QED) is 0.584. The number of thioether (sulfide) groups is 1. The van der Waals surface area contributed by atoms with Crippen LogP contribution in [0.5, 0.6) is 0 Å². The number of nitrogens with zero attached hydrogens (tertiary/aromatic N) is 1. The van der Waals surface area contributed by atoms with Gasteiger partial charge in [0.05, 0.1) is 24.2 Å². The molecular formula is C21H20N2O4S. The second kappa shape index (κ2) is 8.75. The number of aryl methyl sites for hydroxylation is 1. The molecule has 1 N–H and O–H groups in total. The summed E-state index contributed by atoms with van der Waals surface area (Å²) >= 11 is 0.900. The maximum absolute atomic E-state index is 12.6. The molecule has 6 nitrogen and oxygen atoms in total. The van der Waals surface area contributed by atoms with E-state index in [1.165, 1.54) is 17.6 Å². The summed E-state index contributed by atoms with van der Waals surface area (Å²) in [7, 11) is 1.32. The van der Waals surface area contributed by atoms with Crippen molar-refractivity contribution in [3.63, 3.8) is 0 Å². The van der Waals surface area contributed by atoms with Gasteiger partial charge in [0.15, 0.2) is 0 Å². The minimum Gasteiger partial charge on any atom is -0.465 e. The van der Waals surface area contributed by atoms with Crippen molar-refractivity contribution in [1.82, 2.24) is 4.90 Å². The minimum atomic E-state index is -0.426. The Morgan fingerprint density at radius 1 is 1.11 bits per heavy atom. The van der Waals surface area contributed by atoms with Crippen LogP contribution < -0.4 is 5.32 Å². The van der Waals surface area contributed by atoms with Crippen LogP contribution in [-0.2, 0) is 16.0 Å². The van der Waals surface area contributed by atoms with E-state index in [1.54, 1.807) is 30.3 Å². The van der Waals surface area contributed by atoms with Gasteiger partial charge in [-0.1, -0.05) is 31.2 Å². The molecule has 1 saturated heterocycles. The molecule has 0 aliphatic carbocycles. The lowest BCUT2D eigenvalue weighted by molar-refractivity contribution is -0.122. The zero-order chi connectivity index (χ0) is 20.1. The molecule has 0 aromatic heterocycles. The molecule has 0 unspecified atom stereocenters. The van der Waals surface area contributed by atoms with Crippen molar-refractivity contribution in [3.8, 4) is 0 Å². The van der Waals surface area contributed by atoms with Gasteiger partial charge in [0.25, 0.3) is 11.1 Å². The zero-order valence-corrected chi connectivity index (χ0v) is 16.4. The van der Waals surface area contributed by atoms with Crippen molar-refractivity contribution in [2.75, 3.05) is 19.1 Å². The SMILES string of the molecule is CCc1ccc(NCN2C(=O)S/C(=C/c3ccc(C(=O)OC)cc3)C2=O)cc1. The average Bonchev–Trinajstić information content (AvgIpc) is 2.99. The molecule has 1 aliphatic rings. The second-order valence-corrected chi connectivity index (χ2v) is 7.10. The molecule has 2 aromatic carbocycles. The smallest absolute Gasteiger partial charge is 0.337 e. The van der Waals surface area contributed by atoms with E-state index in [0.29, 0.717) is 10.5 Å². The Morgan fingerprint density at radius 3 is 2.39 bits per heavy atom. The number of hydrogen-bond acceptors (Lipinski definition) is 6. The van der Waals surface area contributed by atoms with E-state index < -0.39 is 5.97 Å². The number of carbonyl (C=O) groups is 3. The van der Waals surface area contributed by atoms with E-state index in [1.807, 2.05) is 24.3 Å². The molecule has 1 aliphatic heterocycles. The summed E-state index contributed by atoms with van der Waals surface area (Å²) < 4.78 is 4.66. The number of imide groups is 1. The lowest BCUT2D eigenvalue weighted by Gasteiger charge is -2.14. The van der Waals surface area contributed by atoms with E-state index in [-0.39, 0.29) is 17.8 Å². The molecule has 2 aromatic rings. The number of anilines is 1. The number of amides is 2. The second-order valence-electron chi connectivity index (χ2n) is 6.11. The van der Waals surface area contributed by atoms with Gasteiger partial charge in [-0.25, -0.2) is 4.79 Å². The highest BCUT2D eigenvalue weighted by atomic mass is 32.2. The van der Waals surface area contributed by atoms with Crippen LogP contribution in [0.1, 0.15) is 28.4 Å². The van der Waals surface area contributed by atoms with Crippen molar-refractivity contribution in [2.24, 2.45) is 0 Å². The number of ether oxygens (including phenoxy) is 1. The van der Waals surface area contributed by atoms with Crippen LogP contribution in [0.2, 0.25) is 0 Å². The fourth-order valence-electron chi connectivity index (χ4n) is 2.65. The Balaban J connectivity index is 1.66. The number of carbonyl (C=O) groups excluding carboxylic acids is 3. The van der Waals surface area contributed by atoms with Crippen molar-refractivity contribution in [1.29, 1.82) is 0 Å². The van der Waals surface area contributed by atoms with Gasteiger partial charge in [0.1, 0.15) is 0 Å². The molecule has 7 heteroatoms. The van der Waals surface area contributed by atoms with Crippen molar-refractivity contribution < 1.29 is 19.1 Å². The first-order valence-electron chi connectivity index (χ1n) is 8.78. The molecule has 144 valence electrons. The molecule has 0 saturated carbocycles. The van der Waals surface area contributed by atoms with Gasteiger partial charge in [-0.15, -0.1) is 0 Å². The van der Waals surface area contributed by atoms with Gasteiger partial charge in [0, 0.05) is 5.69 Å². The van der Waals surface area contributed by atoms with E-state index in [2.05, 4.69) is 17.0 Å². The third-order valence-corrected chi connectivity index (χ3v) is 5.21. The molecular weight excluding hydrogens is 376 g/mol. The number of nitrogens with one attached hydrogen (secondary N) is 1. The summed E-state index contributed by atoms with van der Waals surface area (Å²) in [6.07, 6.45) is 2.59. The number of hydrogen-bond donors (Lipinski definition) is 1. The summed E-state index contributed by atoms with van der Waals surface area (Å²) in [5, 5.41) is 2.78. The highest BCUT2D eigenvalue weighted by Gasteiger charge is 2.34. The molecule has 2 amide bonds. The third-order valence-electron chi connectivity index (χ3n) is 4.31. The number of esters is 1. The molecule has 0 radical (unpaired) electrons. The van der Waals surface area contributed by atoms with Gasteiger partial charge in [0.2, 0.25) is 0 Å². The van der Waals surface area contributed by atoms with Gasteiger partial charge in [-0.3, -0.25) is 14.5 Å². The first kappa shape index (κ1) is 19.7. The Bertz CT molecular complexity index is 920. The summed E-state index contributed by atoms with van der Waals surface area (Å²) in [5.74, 6) is -0.769. The Morgan fingerprint density at radius 2 is 1.79 bits per heavy atom. The molecule has 28 heavy (non-hydrogen) atoms. The largest absolute Gasteiger partial charge is 0.465 e. The van der Waals surface area contributed by atoms with Crippen LogP contribution in [0.4, 0.5) is 10.5 Å². The van der Waals surface area contributed by atoms with E-state index in [9.17, 15) is 14.4 Å². The minimum absolute atomic E-state index is 0.106. The topological polar surface area (TPSA) is 75.7 Å². The Kier molecular flexibility index (Phi) is 6.16. The van der Waals surface area contributed by atoms with Crippen LogP contribution in [0, 0.1) is 0 Å². The predicted molar refractivity (Wildman–Crippen MR) is 110 cm³/mol. The fraction of sp³-hybridized carbons (Fsp3) is 0.190. The average molecular weight is 396 g/mol. The van der Waals surface area contributed by atoms with E-state index in [4.69, 9.17) is 0 Å². The summed E-state index contributed by atoms with van der Waals surface area (Å²) in [6.45, 7) is 2.19. The third kappa shape index (κ3) is 4.43. The van der Waals surface area contributed by atoms with Crippen LogP contribution in [0.15, 0.2) is 53.4 Å². The van der Waals surface area contributed by atoms with Gasteiger partial charge in [-0.2, -0.15) is 0 Å². The number of rotatable bonds is 6.